The number of aryl methyl sites for hydroxylation is 1. The molecule has 2 aromatic carbocycles. The smallest absolute Gasteiger partial charge is 0.161 e. The zero-order chi connectivity index (χ0) is 15.2. The Morgan fingerprint density at radius 3 is 2.52 bits per heavy atom. The largest absolute Gasteiger partial charge is 0.493 e. The minimum Gasteiger partial charge on any atom is -0.493 e. The fourth-order valence-corrected chi connectivity index (χ4v) is 2.26. The average Bonchev–Trinajstić information content (AvgIpc) is 2.46. The van der Waals surface area contributed by atoms with Gasteiger partial charge in [0.25, 0.3) is 0 Å². The van der Waals surface area contributed by atoms with E-state index >= 15 is 0 Å². The lowest BCUT2D eigenvalue weighted by Crippen LogP contribution is -2.17. The van der Waals surface area contributed by atoms with Gasteiger partial charge in [0, 0.05) is 6.04 Å². The lowest BCUT2D eigenvalue weighted by atomic mass is 10.1. The first kappa shape index (κ1) is 15.4. The molecule has 3 nitrogen and oxygen atoms in total. The van der Waals surface area contributed by atoms with Crippen LogP contribution in [-0.4, -0.2) is 13.2 Å². The van der Waals surface area contributed by atoms with Gasteiger partial charge in [-0.05, 0) is 49.1 Å². The normalized spacial score (nSPS) is 12.0. The van der Waals surface area contributed by atoms with Gasteiger partial charge >= 0.3 is 0 Å². The second-order valence-electron chi connectivity index (χ2n) is 5.38. The predicted molar refractivity (Wildman–Crippen MR) is 85.9 cm³/mol. The highest BCUT2D eigenvalue weighted by Gasteiger charge is 2.08. The highest BCUT2D eigenvalue weighted by molar-refractivity contribution is 5.43. The Balaban J connectivity index is 2.15. The number of hydrogen-bond donors (Lipinski definition) is 1. The molecule has 0 radical (unpaired) electrons. The van der Waals surface area contributed by atoms with E-state index in [1.165, 1.54) is 11.1 Å². The zero-order valence-corrected chi connectivity index (χ0v) is 12.9. The van der Waals surface area contributed by atoms with Crippen LogP contribution in [-0.2, 0) is 13.0 Å². The van der Waals surface area contributed by atoms with Crippen LogP contribution in [0.2, 0.25) is 0 Å². The van der Waals surface area contributed by atoms with Crippen molar-refractivity contribution in [3.8, 4) is 11.5 Å². The third-order valence-electron chi connectivity index (χ3n) is 3.43. The topological polar surface area (TPSA) is 44.5 Å². The molecule has 112 valence electrons. The van der Waals surface area contributed by atoms with Crippen LogP contribution in [0.4, 0.5) is 0 Å². The molecule has 1 atom stereocenters. The molecular weight excluding hydrogens is 262 g/mol. The maximum atomic E-state index is 5.95. The maximum absolute atomic E-state index is 5.95. The molecule has 0 aliphatic heterocycles. The third-order valence-corrected chi connectivity index (χ3v) is 3.43. The predicted octanol–water partition coefficient (Wildman–Crippen LogP) is 3.47. The monoisotopic (exact) mass is 285 g/mol. The second-order valence-corrected chi connectivity index (χ2v) is 5.38. The van der Waals surface area contributed by atoms with E-state index in [4.69, 9.17) is 15.2 Å². The van der Waals surface area contributed by atoms with Gasteiger partial charge in [0.1, 0.15) is 6.61 Å². The van der Waals surface area contributed by atoms with Gasteiger partial charge in [0.05, 0.1) is 7.11 Å². The number of hydrogen-bond acceptors (Lipinski definition) is 3. The van der Waals surface area contributed by atoms with Gasteiger partial charge in [-0.25, -0.2) is 0 Å². The van der Waals surface area contributed by atoms with Gasteiger partial charge in [-0.2, -0.15) is 0 Å². The summed E-state index contributed by atoms with van der Waals surface area (Å²) in [4.78, 5) is 0. The quantitative estimate of drug-likeness (QED) is 0.884. The molecule has 2 rings (SSSR count). The van der Waals surface area contributed by atoms with Crippen molar-refractivity contribution in [3.05, 3.63) is 59.2 Å². The van der Waals surface area contributed by atoms with Crippen LogP contribution in [0.15, 0.2) is 42.5 Å². The Kier molecular flexibility index (Phi) is 5.23. The standard InChI is InChI=1S/C18H23NO2/c1-13-6-4-5-7-16(13)12-21-18-11-15(10-14(2)19)8-9-17(18)20-3/h4-9,11,14H,10,12,19H2,1-3H3. The molecule has 0 aliphatic carbocycles. The first-order chi connectivity index (χ1) is 10.1. The van der Waals surface area contributed by atoms with Crippen LogP contribution >= 0.6 is 0 Å². The summed E-state index contributed by atoms with van der Waals surface area (Å²) in [6.07, 6.45) is 0.824. The van der Waals surface area contributed by atoms with Crippen LogP contribution in [0.1, 0.15) is 23.6 Å². The van der Waals surface area contributed by atoms with Crippen LogP contribution in [0.25, 0.3) is 0 Å². The fourth-order valence-electron chi connectivity index (χ4n) is 2.26. The number of ether oxygens (including phenoxy) is 2. The molecule has 0 saturated carbocycles. The molecule has 1 unspecified atom stereocenters. The van der Waals surface area contributed by atoms with Crippen molar-refractivity contribution in [1.82, 2.24) is 0 Å². The highest BCUT2D eigenvalue weighted by Crippen LogP contribution is 2.29. The first-order valence-corrected chi connectivity index (χ1v) is 7.20. The molecule has 0 saturated heterocycles. The summed E-state index contributed by atoms with van der Waals surface area (Å²) < 4.78 is 11.3. The molecule has 0 heterocycles. The van der Waals surface area contributed by atoms with Crippen molar-refractivity contribution in [2.75, 3.05) is 7.11 Å². The number of rotatable bonds is 6. The second kappa shape index (κ2) is 7.14. The van der Waals surface area contributed by atoms with Gasteiger partial charge in [-0.3, -0.25) is 0 Å². The SMILES string of the molecule is COc1ccc(CC(C)N)cc1OCc1ccccc1C. The van der Waals surface area contributed by atoms with Gasteiger partial charge in [0.15, 0.2) is 11.5 Å². The molecule has 0 bridgehead atoms. The van der Waals surface area contributed by atoms with E-state index < -0.39 is 0 Å². The van der Waals surface area contributed by atoms with Gasteiger partial charge in [-0.15, -0.1) is 0 Å². The van der Waals surface area contributed by atoms with Gasteiger partial charge in [0.2, 0.25) is 0 Å². The van der Waals surface area contributed by atoms with Crippen LogP contribution in [0, 0.1) is 6.92 Å². The van der Waals surface area contributed by atoms with Crippen molar-refractivity contribution in [2.24, 2.45) is 5.73 Å². The Morgan fingerprint density at radius 1 is 1.10 bits per heavy atom. The Labute approximate surface area is 126 Å². The van der Waals surface area contributed by atoms with E-state index in [0.717, 1.165) is 23.5 Å². The number of benzene rings is 2. The minimum absolute atomic E-state index is 0.127. The van der Waals surface area contributed by atoms with Crippen molar-refractivity contribution in [1.29, 1.82) is 0 Å². The van der Waals surface area contributed by atoms with Gasteiger partial charge in [-0.1, -0.05) is 30.3 Å². The van der Waals surface area contributed by atoms with Crippen molar-refractivity contribution in [3.63, 3.8) is 0 Å². The molecule has 0 aromatic heterocycles. The van der Waals surface area contributed by atoms with E-state index in [9.17, 15) is 0 Å². The summed E-state index contributed by atoms with van der Waals surface area (Å²) in [5.74, 6) is 1.51. The van der Waals surface area contributed by atoms with Crippen molar-refractivity contribution >= 4 is 0 Å². The lowest BCUT2D eigenvalue weighted by molar-refractivity contribution is 0.283. The molecule has 0 amide bonds. The fraction of sp³-hybridized carbons (Fsp3) is 0.333. The Bertz CT molecular complexity index is 594. The van der Waals surface area contributed by atoms with Crippen molar-refractivity contribution < 1.29 is 9.47 Å². The van der Waals surface area contributed by atoms with Crippen molar-refractivity contribution in [2.45, 2.75) is 32.9 Å². The molecule has 0 fully saturated rings. The number of nitrogens with two attached hydrogens (primary N) is 1. The van der Waals surface area contributed by atoms with E-state index in [-0.39, 0.29) is 6.04 Å². The van der Waals surface area contributed by atoms with E-state index in [1.807, 2.05) is 37.3 Å². The molecule has 2 N–H and O–H groups in total. The molecule has 0 spiro atoms. The van der Waals surface area contributed by atoms with E-state index in [0.29, 0.717) is 6.61 Å². The first-order valence-electron chi connectivity index (χ1n) is 7.20. The summed E-state index contributed by atoms with van der Waals surface area (Å²) in [6.45, 7) is 4.62. The van der Waals surface area contributed by atoms with Crippen LogP contribution < -0.4 is 15.2 Å². The molecule has 3 heteroatoms. The molecule has 0 aliphatic rings. The third kappa shape index (κ3) is 4.23. The summed E-state index contributed by atoms with van der Waals surface area (Å²) in [7, 11) is 1.65. The molecule has 2 aromatic rings. The summed E-state index contributed by atoms with van der Waals surface area (Å²) >= 11 is 0. The summed E-state index contributed by atoms with van der Waals surface area (Å²) in [5, 5.41) is 0. The van der Waals surface area contributed by atoms with Crippen LogP contribution in [0.5, 0.6) is 11.5 Å². The average molecular weight is 285 g/mol. The zero-order valence-electron chi connectivity index (χ0n) is 12.9. The van der Waals surface area contributed by atoms with Crippen LogP contribution in [0.3, 0.4) is 0 Å². The maximum Gasteiger partial charge on any atom is 0.161 e. The van der Waals surface area contributed by atoms with E-state index in [1.54, 1.807) is 7.11 Å². The Morgan fingerprint density at radius 2 is 1.86 bits per heavy atom. The minimum atomic E-state index is 0.127. The molecule has 21 heavy (non-hydrogen) atoms. The van der Waals surface area contributed by atoms with Gasteiger partial charge < -0.3 is 15.2 Å². The Hall–Kier alpha value is -2.00. The summed E-state index contributed by atoms with van der Waals surface area (Å²) in [5.41, 5.74) is 9.42. The molecular formula is C18H23NO2. The summed E-state index contributed by atoms with van der Waals surface area (Å²) in [6, 6.07) is 14.3. The van der Waals surface area contributed by atoms with E-state index in [2.05, 4.69) is 19.1 Å². The lowest BCUT2D eigenvalue weighted by Gasteiger charge is -2.14. The number of methoxy groups -OCH3 is 1. The highest BCUT2D eigenvalue weighted by atomic mass is 16.5.